The molecule has 37 heavy (non-hydrogen) atoms. The molecule has 2 aromatic carbocycles. The zero-order valence-corrected chi connectivity index (χ0v) is 21.7. The molecular weight excluding hydrogens is 490 g/mol. The van der Waals surface area contributed by atoms with Gasteiger partial charge in [0.05, 0.1) is 5.69 Å². The zero-order chi connectivity index (χ0) is 26.7. The number of benzene rings is 2. The number of anilines is 2. The van der Waals surface area contributed by atoms with Crippen LogP contribution in [-0.2, 0) is 4.79 Å². The number of nitrogens with one attached hydrogen (secondary N) is 1. The minimum absolute atomic E-state index is 0.00648. The molecule has 1 aromatic heterocycles. The van der Waals surface area contributed by atoms with Gasteiger partial charge >= 0.3 is 0 Å². The van der Waals surface area contributed by atoms with Gasteiger partial charge < -0.3 is 21.9 Å². The molecule has 6 N–H and O–H groups in total. The number of rotatable bonds is 7. The summed E-state index contributed by atoms with van der Waals surface area (Å²) in [4.78, 5) is 41.2. The number of aromatic hydroxyl groups is 1. The van der Waals surface area contributed by atoms with Gasteiger partial charge in [-0.05, 0) is 79.2 Å². The SMILES string of the molecule is Cc1cc(C)cc(N(C(=O)c2snc(C(N)=O)c2N)[C@@H](C(=O)NC2CCCCC2)c2ccc(O)cc2)c1. The summed E-state index contributed by atoms with van der Waals surface area (Å²) in [6, 6.07) is 10.7. The van der Waals surface area contributed by atoms with Crippen molar-refractivity contribution in [3.8, 4) is 5.75 Å². The third-order valence-corrected chi connectivity index (χ3v) is 7.38. The van der Waals surface area contributed by atoms with E-state index in [0.29, 0.717) is 11.3 Å². The van der Waals surface area contributed by atoms with Crippen LogP contribution in [0, 0.1) is 13.8 Å². The average Bonchev–Trinajstić information content (AvgIpc) is 3.24. The molecule has 1 fully saturated rings. The normalized spacial score (nSPS) is 14.6. The van der Waals surface area contributed by atoms with Crippen molar-refractivity contribution in [3.63, 3.8) is 0 Å². The third-order valence-electron chi connectivity index (χ3n) is 6.53. The lowest BCUT2D eigenvalue weighted by Crippen LogP contribution is -2.47. The molecule has 1 saturated carbocycles. The van der Waals surface area contributed by atoms with E-state index in [2.05, 4.69) is 9.69 Å². The Kier molecular flexibility index (Phi) is 7.77. The van der Waals surface area contributed by atoms with E-state index in [1.54, 1.807) is 12.1 Å². The second-order valence-electron chi connectivity index (χ2n) is 9.50. The number of nitrogens with two attached hydrogens (primary N) is 2. The maximum Gasteiger partial charge on any atom is 0.273 e. The Bertz CT molecular complexity index is 1290. The minimum Gasteiger partial charge on any atom is -0.508 e. The number of phenols is 1. The molecule has 1 aliphatic rings. The van der Waals surface area contributed by atoms with Crippen LogP contribution in [0.5, 0.6) is 5.75 Å². The smallest absolute Gasteiger partial charge is 0.273 e. The monoisotopic (exact) mass is 521 g/mol. The number of carbonyl (C=O) groups excluding carboxylic acids is 3. The van der Waals surface area contributed by atoms with Crippen LogP contribution < -0.4 is 21.7 Å². The molecule has 1 atom stereocenters. The van der Waals surface area contributed by atoms with E-state index in [9.17, 15) is 19.5 Å². The number of amides is 3. The molecule has 9 nitrogen and oxygen atoms in total. The van der Waals surface area contributed by atoms with Gasteiger partial charge in [0.1, 0.15) is 16.7 Å². The van der Waals surface area contributed by atoms with Gasteiger partial charge in [-0.15, -0.1) is 0 Å². The Morgan fingerprint density at radius 3 is 2.24 bits per heavy atom. The van der Waals surface area contributed by atoms with Gasteiger partial charge in [-0.1, -0.05) is 37.5 Å². The minimum atomic E-state index is -1.07. The maximum atomic E-state index is 14.1. The molecule has 0 bridgehead atoms. The van der Waals surface area contributed by atoms with Gasteiger partial charge in [0, 0.05) is 11.7 Å². The summed E-state index contributed by atoms with van der Waals surface area (Å²) in [5, 5.41) is 13.0. The van der Waals surface area contributed by atoms with Gasteiger partial charge in [0.25, 0.3) is 11.8 Å². The largest absolute Gasteiger partial charge is 0.508 e. The summed E-state index contributed by atoms with van der Waals surface area (Å²) in [7, 11) is 0. The highest BCUT2D eigenvalue weighted by atomic mass is 32.1. The van der Waals surface area contributed by atoms with E-state index < -0.39 is 17.9 Å². The van der Waals surface area contributed by atoms with Crippen molar-refractivity contribution in [2.24, 2.45) is 5.73 Å². The summed E-state index contributed by atoms with van der Waals surface area (Å²) in [6.07, 6.45) is 4.93. The molecular formula is C27H31N5O4S. The summed E-state index contributed by atoms with van der Waals surface area (Å²) in [5.74, 6) is -1.72. The van der Waals surface area contributed by atoms with Crippen molar-refractivity contribution >= 4 is 40.6 Å². The molecule has 1 heterocycles. The average molecular weight is 522 g/mol. The molecule has 0 unspecified atom stereocenters. The number of nitrogen functional groups attached to an aromatic ring is 1. The standard InChI is InChI=1S/C27H31N5O4S/c1-15-12-16(2)14-19(13-15)32(27(36)24-21(28)22(25(29)34)31-37-24)23(17-8-10-20(33)11-9-17)26(35)30-18-6-4-3-5-7-18/h8-14,18,23,33H,3-7,28H2,1-2H3,(H2,29,34)(H,30,35)/t23-/m1/s1. The number of aryl methyl sites for hydroxylation is 2. The summed E-state index contributed by atoms with van der Waals surface area (Å²) in [5.41, 5.74) is 14.0. The molecule has 0 aliphatic heterocycles. The predicted molar refractivity (Wildman–Crippen MR) is 144 cm³/mol. The first-order chi connectivity index (χ1) is 17.7. The Morgan fingerprint density at radius 1 is 1.05 bits per heavy atom. The molecule has 3 amide bonds. The van der Waals surface area contributed by atoms with Crippen LogP contribution in [0.15, 0.2) is 42.5 Å². The van der Waals surface area contributed by atoms with Crippen LogP contribution in [-0.4, -0.2) is 33.2 Å². The van der Waals surface area contributed by atoms with Gasteiger partial charge in [0.15, 0.2) is 5.69 Å². The second-order valence-corrected chi connectivity index (χ2v) is 10.3. The van der Waals surface area contributed by atoms with Gasteiger partial charge in [0.2, 0.25) is 5.91 Å². The highest BCUT2D eigenvalue weighted by Crippen LogP contribution is 2.35. The molecule has 10 heteroatoms. The molecule has 0 spiro atoms. The number of phenolic OH excluding ortho intramolecular Hbond substituents is 1. The molecule has 0 saturated heterocycles. The fourth-order valence-electron chi connectivity index (χ4n) is 4.81. The highest BCUT2D eigenvalue weighted by Gasteiger charge is 2.37. The van der Waals surface area contributed by atoms with Crippen molar-refractivity contribution in [1.29, 1.82) is 0 Å². The maximum absolute atomic E-state index is 14.1. The first kappa shape index (κ1) is 26.2. The Balaban J connectivity index is 1.87. The van der Waals surface area contributed by atoms with Crippen molar-refractivity contribution < 1.29 is 19.5 Å². The van der Waals surface area contributed by atoms with E-state index in [0.717, 1.165) is 54.8 Å². The Morgan fingerprint density at radius 2 is 1.68 bits per heavy atom. The third kappa shape index (κ3) is 5.75. The van der Waals surface area contributed by atoms with E-state index in [1.807, 2.05) is 32.0 Å². The van der Waals surface area contributed by atoms with Crippen molar-refractivity contribution in [3.05, 3.63) is 69.7 Å². The van der Waals surface area contributed by atoms with Crippen LogP contribution >= 0.6 is 11.5 Å². The first-order valence-electron chi connectivity index (χ1n) is 12.2. The van der Waals surface area contributed by atoms with E-state index in [4.69, 9.17) is 11.5 Å². The molecule has 4 rings (SSSR count). The van der Waals surface area contributed by atoms with E-state index in [-0.39, 0.29) is 34.0 Å². The van der Waals surface area contributed by atoms with E-state index in [1.165, 1.54) is 17.0 Å². The van der Waals surface area contributed by atoms with Crippen molar-refractivity contribution in [1.82, 2.24) is 9.69 Å². The summed E-state index contributed by atoms with van der Waals surface area (Å²) in [6.45, 7) is 3.81. The van der Waals surface area contributed by atoms with Gasteiger partial charge in [-0.2, -0.15) is 4.37 Å². The summed E-state index contributed by atoms with van der Waals surface area (Å²) >= 11 is 0.768. The number of carbonyl (C=O) groups is 3. The van der Waals surface area contributed by atoms with Crippen molar-refractivity contribution in [2.45, 2.75) is 58.0 Å². The highest BCUT2D eigenvalue weighted by molar-refractivity contribution is 7.09. The van der Waals surface area contributed by atoms with Crippen LogP contribution in [0.25, 0.3) is 0 Å². The lowest BCUT2D eigenvalue weighted by molar-refractivity contribution is -0.123. The first-order valence-corrected chi connectivity index (χ1v) is 13.0. The number of hydrogen-bond acceptors (Lipinski definition) is 7. The van der Waals surface area contributed by atoms with Crippen LogP contribution in [0.3, 0.4) is 0 Å². The van der Waals surface area contributed by atoms with Gasteiger partial charge in [-0.25, -0.2) is 0 Å². The zero-order valence-electron chi connectivity index (χ0n) is 20.9. The van der Waals surface area contributed by atoms with Crippen molar-refractivity contribution in [2.75, 3.05) is 10.6 Å². The summed E-state index contributed by atoms with van der Waals surface area (Å²) < 4.78 is 3.99. The molecule has 0 radical (unpaired) electrons. The number of nitrogens with zero attached hydrogens (tertiary/aromatic N) is 2. The quantitative estimate of drug-likeness (QED) is 0.369. The van der Waals surface area contributed by atoms with Crippen LogP contribution in [0.4, 0.5) is 11.4 Å². The van der Waals surface area contributed by atoms with Crippen LogP contribution in [0.1, 0.15) is 75.0 Å². The number of primary amides is 1. The van der Waals surface area contributed by atoms with Crippen LogP contribution in [0.2, 0.25) is 0 Å². The lowest BCUT2D eigenvalue weighted by atomic mass is 9.94. The number of aromatic nitrogens is 1. The molecule has 194 valence electrons. The van der Waals surface area contributed by atoms with Gasteiger partial charge in [-0.3, -0.25) is 19.3 Å². The second kappa shape index (κ2) is 11.0. The topological polar surface area (TPSA) is 152 Å². The molecule has 1 aliphatic carbocycles. The number of hydrogen-bond donors (Lipinski definition) is 4. The lowest BCUT2D eigenvalue weighted by Gasteiger charge is -2.33. The fourth-order valence-corrected chi connectivity index (χ4v) is 5.56. The fraction of sp³-hybridized carbons (Fsp3) is 0.333. The molecule has 3 aromatic rings. The Hall–Kier alpha value is -3.92. The predicted octanol–water partition coefficient (Wildman–Crippen LogP) is 3.98. The Labute approximate surface area is 219 Å². The van der Waals surface area contributed by atoms with E-state index >= 15 is 0 Å².